The van der Waals surface area contributed by atoms with E-state index in [2.05, 4.69) is 10.6 Å². The van der Waals surface area contributed by atoms with Crippen LogP contribution in [-0.2, 0) is 4.74 Å². The largest absolute Gasteiger partial charge is 0.506 e. The monoisotopic (exact) mass is 236 g/mol. The minimum Gasteiger partial charge on any atom is -0.506 e. The Morgan fingerprint density at radius 1 is 1.53 bits per heavy atom. The highest BCUT2D eigenvalue weighted by Gasteiger charge is 2.18. The van der Waals surface area contributed by atoms with Gasteiger partial charge >= 0.3 is 6.03 Å². The first kappa shape index (κ1) is 11.7. The molecule has 3 N–H and O–H groups in total. The zero-order valence-corrected chi connectivity index (χ0v) is 9.69. The van der Waals surface area contributed by atoms with E-state index in [1.807, 2.05) is 13.0 Å². The van der Waals surface area contributed by atoms with Crippen LogP contribution in [0.25, 0.3) is 0 Å². The maximum absolute atomic E-state index is 11.6. The number of carbonyl (C=O) groups excluding carboxylic acids is 1. The molecule has 5 heteroatoms. The second kappa shape index (κ2) is 5.05. The van der Waals surface area contributed by atoms with Crippen molar-refractivity contribution in [2.75, 3.05) is 18.5 Å². The topological polar surface area (TPSA) is 70.6 Å². The summed E-state index contributed by atoms with van der Waals surface area (Å²) < 4.78 is 5.16. The van der Waals surface area contributed by atoms with Gasteiger partial charge in [-0.2, -0.15) is 0 Å². The Labute approximate surface area is 99.8 Å². The van der Waals surface area contributed by atoms with E-state index < -0.39 is 0 Å². The number of ether oxygens (including phenoxy) is 1. The SMILES string of the molecule is Cc1ccc(NC(=O)NC2CCOC2)c(O)c1. The lowest BCUT2D eigenvalue weighted by atomic mass is 10.2. The lowest BCUT2D eigenvalue weighted by molar-refractivity contribution is 0.189. The van der Waals surface area contributed by atoms with Gasteiger partial charge in [0, 0.05) is 6.61 Å². The van der Waals surface area contributed by atoms with Gasteiger partial charge in [-0.1, -0.05) is 6.07 Å². The average molecular weight is 236 g/mol. The van der Waals surface area contributed by atoms with E-state index in [1.165, 1.54) is 0 Å². The number of hydrogen-bond donors (Lipinski definition) is 3. The van der Waals surface area contributed by atoms with Gasteiger partial charge in [-0.15, -0.1) is 0 Å². The van der Waals surface area contributed by atoms with E-state index in [4.69, 9.17) is 4.74 Å². The summed E-state index contributed by atoms with van der Waals surface area (Å²) in [7, 11) is 0. The number of urea groups is 1. The molecule has 0 spiro atoms. The van der Waals surface area contributed by atoms with E-state index in [0.717, 1.165) is 12.0 Å². The highest BCUT2D eigenvalue weighted by Crippen LogP contribution is 2.23. The summed E-state index contributed by atoms with van der Waals surface area (Å²) in [5.41, 5.74) is 1.35. The Hall–Kier alpha value is -1.75. The number of phenols is 1. The second-order valence-corrected chi connectivity index (χ2v) is 4.18. The molecule has 0 aliphatic carbocycles. The first-order chi connectivity index (χ1) is 8.15. The molecule has 1 unspecified atom stereocenters. The lowest BCUT2D eigenvalue weighted by Gasteiger charge is -2.12. The molecule has 0 radical (unpaired) electrons. The molecular weight excluding hydrogens is 220 g/mol. The number of carbonyl (C=O) groups is 1. The van der Waals surface area contributed by atoms with E-state index >= 15 is 0 Å². The van der Waals surface area contributed by atoms with Crippen molar-refractivity contribution in [2.24, 2.45) is 0 Å². The summed E-state index contributed by atoms with van der Waals surface area (Å²) in [5, 5.41) is 15.0. The smallest absolute Gasteiger partial charge is 0.319 e. The van der Waals surface area contributed by atoms with Crippen molar-refractivity contribution < 1.29 is 14.6 Å². The number of hydrogen-bond acceptors (Lipinski definition) is 3. The summed E-state index contributed by atoms with van der Waals surface area (Å²) in [4.78, 5) is 11.6. The molecule has 1 aromatic rings. The zero-order chi connectivity index (χ0) is 12.3. The van der Waals surface area contributed by atoms with Crippen LogP contribution >= 0.6 is 0 Å². The number of aromatic hydroxyl groups is 1. The van der Waals surface area contributed by atoms with Crippen molar-refractivity contribution in [3.63, 3.8) is 0 Å². The molecule has 0 saturated carbocycles. The number of anilines is 1. The van der Waals surface area contributed by atoms with Gasteiger partial charge in [-0.25, -0.2) is 4.79 Å². The van der Waals surface area contributed by atoms with E-state index in [9.17, 15) is 9.90 Å². The number of nitrogens with one attached hydrogen (secondary N) is 2. The van der Waals surface area contributed by atoms with E-state index in [-0.39, 0.29) is 17.8 Å². The Balaban J connectivity index is 1.93. The third kappa shape index (κ3) is 3.10. The maximum atomic E-state index is 11.6. The molecule has 17 heavy (non-hydrogen) atoms. The van der Waals surface area contributed by atoms with Crippen LogP contribution in [0.1, 0.15) is 12.0 Å². The van der Waals surface area contributed by atoms with Gasteiger partial charge in [-0.3, -0.25) is 0 Å². The van der Waals surface area contributed by atoms with Gasteiger partial charge in [0.15, 0.2) is 0 Å². The molecule has 1 aliphatic rings. The quantitative estimate of drug-likeness (QED) is 0.683. The number of amides is 2. The molecule has 0 bridgehead atoms. The molecule has 1 aromatic carbocycles. The van der Waals surface area contributed by atoms with Crippen LogP contribution in [0.2, 0.25) is 0 Å². The van der Waals surface area contributed by atoms with Crippen LogP contribution in [0.15, 0.2) is 18.2 Å². The van der Waals surface area contributed by atoms with Crippen LogP contribution in [0, 0.1) is 6.92 Å². The molecule has 1 aliphatic heterocycles. The third-order valence-electron chi connectivity index (χ3n) is 2.67. The molecule has 1 heterocycles. The van der Waals surface area contributed by atoms with Crippen molar-refractivity contribution >= 4 is 11.7 Å². The van der Waals surface area contributed by atoms with E-state index in [1.54, 1.807) is 12.1 Å². The molecule has 1 saturated heterocycles. The van der Waals surface area contributed by atoms with Crippen LogP contribution in [0.3, 0.4) is 0 Å². The van der Waals surface area contributed by atoms with Gasteiger partial charge in [0.2, 0.25) is 0 Å². The van der Waals surface area contributed by atoms with Gasteiger partial charge in [0.1, 0.15) is 5.75 Å². The van der Waals surface area contributed by atoms with Crippen LogP contribution in [0.4, 0.5) is 10.5 Å². The van der Waals surface area contributed by atoms with Crippen molar-refractivity contribution in [3.05, 3.63) is 23.8 Å². The van der Waals surface area contributed by atoms with Gasteiger partial charge in [0.05, 0.1) is 18.3 Å². The molecule has 1 atom stereocenters. The Kier molecular flexibility index (Phi) is 3.49. The first-order valence-corrected chi connectivity index (χ1v) is 5.60. The molecule has 2 rings (SSSR count). The summed E-state index contributed by atoms with van der Waals surface area (Å²) in [6, 6.07) is 4.85. The fourth-order valence-electron chi connectivity index (χ4n) is 1.74. The molecule has 92 valence electrons. The normalized spacial score (nSPS) is 19.0. The van der Waals surface area contributed by atoms with Gasteiger partial charge in [-0.05, 0) is 31.0 Å². The van der Waals surface area contributed by atoms with Crippen molar-refractivity contribution in [3.8, 4) is 5.75 Å². The fraction of sp³-hybridized carbons (Fsp3) is 0.417. The Bertz CT molecular complexity index is 414. The Morgan fingerprint density at radius 2 is 2.35 bits per heavy atom. The van der Waals surface area contributed by atoms with Crippen molar-refractivity contribution in [1.29, 1.82) is 0 Å². The number of rotatable bonds is 2. The average Bonchev–Trinajstić information content (AvgIpc) is 2.75. The van der Waals surface area contributed by atoms with Gasteiger partial charge in [0.25, 0.3) is 0 Å². The highest BCUT2D eigenvalue weighted by molar-refractivity contribution is 5.91. The zero-order valence-electron chi connectivity index (χ0n) is 9.69. The van der Waals surface area contributed by atoms with E-state index in [0.29, 0.717) is 18.9 Å². The third-order valence-corrected chi connectivity index (χ3v) is 2.67. The van der Waals surface area contributed by atoms with Crippen LogP contribution in [-0.4, -0.2) is 30.4 Å². The van der Waals surface area contributed by atoms with Crippen LogP contribution in [0.5, 0.6) is 5.75 Å². The summed E-state index contributed by atoms with van der Waals surface area (Å²) in [6.07, 6.45) is 0.827. The number of aryl methyl sites for hydroxylation is 1. The fourth-order valence-corrected chi connectivity index (χ4v) is 1.74. The summed E-state index contributed by atoms with van der Waals surface area (Å²) in [6.45, 7) is 3.10. The number of benzene rings is 1. The summed E-state index contributed by atoms with van der Waals surface area (Å²) >= 11 is 0. The minimum atomic E-state index is -0.320. The highest BCUT2D eigenvalue weighted by atomic mass is 16.5. The first-order valence-electron chi connectivity index (χ1n) is 5.60. The predicted octanol–water partition coefficient (Wildman–Crippen LogP) is 1.61. The van der Waals surface area contributed by atoms with Crippen LogP contribution < -0.4 is 10.6 Å². The summed E-state index contributed by atoms with van der Waals surface area (Å²) in [5.74, 6) is 0.0721. The minimum absolute atomic E-state index is 0.0580. The predicted molar refractivity (Wildman–Crippen MR) is 64.2 cm³/mol. The molecule has 2 amide bonds. The standard InChI is InChI=1S/C12H16N2O3/c1-8-2-3-10(11(15)6-8)14-12(16)13-9-4-5-17-7-9/h2-3,6,9,15H,4-5,7H2,1H3,(H2,13,14,16). The Morgan fingerprint density at radius 3 is 3.00 bits per heavy atom. The van der Waals surface area contributed by atoms with Crippen molar-refractivity contribution in [2.45, 2.75) is 19.4 Å². The second-order valence-electron chi connectivity index (χ2n) is 4.18. The van der Waals surface area contributed by atoms with Crippen molar-refractivity contribution in [1.82, 2.24) is 5.32 Å². The maximum Gasteiger partial charge on any atom is 0.319 e. The number of phenolic OH excluding ortho intramolecular Hbond substituents is 1. The molecule has 0 aromatic heterocycles. The van der Waals surface area contributed by atoms with Gasteiger partial charge < -0.3 is 20.5 Å². The lowest BCUT2D eigenvalue weighted by Crippen LogP contribution is -2.38. The molecule has 1 fully saturated rings. The molecular formula is C12H16N2O3. The molecule has 5 nitrogen and oxygen atoms in total.